The molecular weight excluding hydrogens is 843 g/mol. The van der Waals surface area contributed by atoms with Crippen molar-refractivity contribution < 1.29 is 9.15 Å². The van der Waals surface area contributed by atoms with Gasteiger partial charge < -0.3 is 9.15 Å². The second-order valence-electron chi connectivity index (χ2n) is 17.8. The van der Waals surface area contributed by atoms with E-state index < -0.39 is 5.41 Å². The van der Waals surface area contributed by atoms with Crippen molar-refractivity contribution in [1.29, 1.82) is 0 Å². The van der Waals surface area contributed by atoms with Gasteiger partial charge in [0.05, 0.1) is 11.0 Å². The predicted octanol–water partition coefficient (Wildman–Crippen LogP) is 16.2. The van der Waals surface area contributed by atoms with Crippen molar-refractivity contribution in [3.05, 3.63) is 259 Å². The van der Waals surface area contributed by atoms with E-state index in [2.05, 4.69) is 194 Å². The summed E-state index contributed by atoms with van der Waals surface area (Å²) in [5.74, 6) is 3.38. The van der Waals surface area contributed by atoms with Gasteiger partial charge in [0.25, 0.3) is 0 Å². The van der Waals surface area contributed by atoms with Crippen molar-refractivity contribution in [2.45, 2.75) is 5.41 Å². The van der Waals surface area contributed by atoms with Gasteiger partial charge in [-0.1, -0.05) is 206 Å². The molecule has 12 aromatic rings. The van der Waals surface area contributed by atoms with Crippen LogP contribution in [0.2, 0.25) is 0 Å². The number of para-hydroxylation sites is 4. The fourth-order valence-corrected chi connectivity index (χ4v) is 10.9. The van der Waals surface area contributed by atoms with E-state index in [4.69, 9.17) is 24.1 Å². The van der Waals surface area contributed by atoms with Crippen LogP contribution >= 0.6 is 0 Å². The molecule has 5 heteroatoms. The van der Waals surface area contributed by atoms with Crippen LogP contribution in [0.5, 0.6) is 11.5 Å². The number of benzene rings is 10. The first-order valence-electron chi connectivity index (χ1n) is 23.3. The monoisotopic (exact) mass is 881 g/mol. The van der Waals surface area contributed by atoms with Crippen LogP contribution in [0.4, 0.5) is 0 Å². The lowest BCUT2D eigenvalue weighted by Crippen LogP contribution is -2.32. The molecule has 0 bridgehead atoms. The lowest BCUT2D eigenvalue weighted by atomic mass is 9.66. The van der Waals surface area contributed by atoms with Gasteiger partial charge in [0.1, 0.15) is 22.7 Å². The third-order valence-electron chi connectivity index (χ3n) is 14.1. The van der Waals surface area contributed by atoms with E-state index in [0.29, 0.717) is 17.5 Å². The number of hydrogen-bond donors (Lipinski definition) is 0. The molecule has 0 unspecified atom stereocenters. The zero-order chi connectivity index (χ0) is 45.5. The average molecular weight is 882 g/mol. The predicted molar refractivity (Wildman–Crippen MR) is 277 cm³/mol. The largest absolute Gasteiger partial charge is 0.457 e. The summed E-state index contributed by atoms with van der Waals surface area (Å²) in [4.78, 5) is 15.9. The molecule has 1 aliphatic heterocycles. The van der Waals surface area contributed by atoms with E-state index in [1.807, 2.05) is 42.5 Å². The van der Waals surface area contributed by atoms with Crippen LogP contribution in [0, 0.1) is 0 Å². The highest BCUT2D eigenvalue weighted by Crippen LogP contribution is 2.63. The highest BCUT2D eigenvalue weighted by molar-refractivity contribution is 6.09. The average Bonchev–Trinajstić information content (AvgIpc) is 3.95. The molecule has 1 aliphatic carbocycles. The number of fused-ring (bicyclic) bond motifs is 12. The van der Waals surface area contributed by atoms with Gasteiger partial charge in [-0.05, 0) is 86.0 Å². The van der Waals surface area contributed by atoms with Crippen LogP contribution < -0.4 is 4.74 Å². The van der Waals surface area contributed by atoms with Crippen LogP contribution in [0.3, 0.4) is 0 Å². The zero-order valence-corrected chi connectivity index (χ0v) is 37.2. The van der Waals surface area contributed by atoms with E-state index in [1.165, 1.54) is 27.8 Å². The lowest BCUT2D eigenvalue weighted by Gasteiger charge is -2.39. The maximum absolute atomic E-state index is 6.76. The van der Waals surface area contributed by atoms with E-state index in [0.717, 1.165) is 89.1 Å². The summed E-state index contributed by atoms with van der Waals surface area (Å²) < 4.78 is 13.3. The number of furan rings is 1. The molecule has 0 radical (unpaired) electrons. The Labute approximate surface area is 398 Å². The Morgan fingerprint density at radius 1 is 0.304 bits per heavy atom. The lowest BCUT2D eigenvalue weighted by molar-refractivity contribution is 0.436. The molecule has 0 N–H and O–H groups in total. The first-order valence-corrected chi connectivity index (χ1v) is 23.3. The Hall–Kier alpha value is -9.19. The van der Waals surface area contributed by atoms with Crippen molar-refractivity contribution in [1.82, 2.24) is 15.0 Å². The Balaban J connectivity index is 0.971. The van der Waals surface area contributed by atoms with E-state index >= 15 is 0 Å². The third kappa shape index (κ3) is 6.07. The molecule has 0 saturated heterocycles. The molecule has 3 heterocycles. The zero-order valence-electron chi connectivity index (χ0n) is 37.2. The summed E-state index contributed by atoms with van der Waals surface area (Å²) in [7, 11) is 0. The number of rotatable bonds is 6. The van der Waals surface area contributed by atoms with Gasteiger partial charge in [-0.25, -0.2) is 15.0 Å². The summed E-state index contributed by atoms with van der Waals surface area (Å²) in [6.45, 7) is 0. The molecular formula is C64H39N3O2. The molecule has 69 heavy (non-hydrogen) atoms. The minimum Gasteiger partial charge on any atom is -0.457 e. The summed E-state index contributed by atoms with van der Waals surface area (Å²) in [5.41, 5.74) is 17.2. The quantitative estimate of drug-likeness (QED) is 0.166. The molecule has 1 spiro atoms. The summed E-state index contributed by atoms with van der Waals surface area (Å²) >= 11 is 0. The van der Waals surface area contributed by atoms with Crippen molar-refractivity contribution >= 4 is 21.9 Å². The Bertz CT molecular complexity index is 3930. The Kier molecular flexibility index (Phi) is 8.73. The van der Waals surface area contributed by atoms with E-state index in [1.54, 1.807) is 0 Å². The molecule has 0 atom stereocenters. The minimum absolute atomic E-state index is 0.543. The molecule has 5 nitrogen and oxygen atoms in total. The number of hydrogen-bond acceptors (Lipinski definition) is 5. The smallest absolute Gasteiger partial charge is 0.167 e. The van der Waals surface area contributed by atoms with Crippen molar-refractivity contribution in [2.75, 3.05) is 0 Å². The maximum Gasteiger partial charge on any atom is 0.167 e. The molecule has 0 saturated carbocycles. The minimum atomic E-state index is -0.722. The van der Waals surface area contributed by atoms with Gasteiger partial charge in [0.15, 0.2) is 17.5 Å². The van der Waals surface area contributed by atoms with Crippen LogP contribution in [0.25, 0.3) is 101 Å². The topological polar surface area (TPSA) is 61.0 Å². The third-order valence-corrected chi connectivity index (χ3v) is 14.1. The van der Waals surface area contributed by atoms with Gasteiger partial charge in [-0.3, -0.25) is 0 Å². The van der Waals surface area contributed by atoms with Crippen LogP contribution in [0.15, 0.2) is 241 Å². The van der Waals surface area contributed by atoms with Crippen molar-refractivity contribution in [3.63, 3.8) is 0 Å². The van der Waals surface area contributed by atoms with Gasteiger partial charge in [0.2, 0.25) is 0 Å². The fraction of sp³-hybridized carbons (Fsp3) is 0.0156. The number of ether oxygens (including phenoxy) is 1. The summed E-state index contributed by atoms with van der Waals surface area (Å²) in [6, 6.07) is 83.3. The maximum atomic E-state index is 6.76. The normalized spacial score (nSPS) is 12.9. The van der Waals surface area contributed by atoms with Gasteiger partial charge in [-0.15, -0.1) is 0 Å². The highest BCUT2D eigenvalue weighted by Gasteiger charge is 2.52. The number of aromatic nitrogens is 3. The summed E-state index contributed by atoms with van der Waals surface area (Å²) in [6.07, 6.45) is 0. The van der Waals surface area contributed by atoms with Crippen molar-refractivity contribution in [2.24, 2.45) is 0 Å². The van der Waals surface area contributed by atoms with Gasteiger partial charge >= 0.3 is 0 Å². The summed E-state index contributed by atoms with van der Waals surface area (Å²) in [5, 5.41) is 2.07. The highest BCUT2D eigenvalue weighted by atomic mass is 16.5. The van der Waals surface area contributed by atoms with Crippen LogP contribution in [-0.4, -0.2) is 15.0 Å². The standard InChI is InChI=1S/C64H39N3O2/c1-3-15-40(16-4-1)41-29-31-42(32-30-41)43-33-35-44(36-34-43)46-37-38-49-55(39-46)64(52-23-8-11-27-57(52)68-58-28-12-9-24-53(58)64)54-25-14-21-50(59(49)54)62-65-61(45-17-5-2-6-18-45)66-63(67-62)51-22-13-20-48-47-19-7-10-26-56(47)69-60(48)51/h1-39H. The first-order chi connectivity index (χ1) is 34.2. The fourth-order valence-electron chi connectivity index (χ4n) is 10.9. The molecule has 322 valence electrons. The van der Waals surface area contributed by atoms with Gasteiger partial charge in [0, 0.05) is 33.0 Å². The van der Waals surface area contributed by atoms with Crippen LogP contribution in [-0.2, 0) is 5.41 Å². The molecule has 2 aliphatic rings. The molecule has 2 aromatic heterocycles. The second-order valence-corrected chi connectivity index (χ2v) is 17.8. The molecule has 14 rings (SSSR count). The molecule has 0 amide bonds. The van der Waals surface area contributed by atoms with Crippen molar-refractivity contribution in [3.8, 4) is 90.2 Å². The molecule has 10 aromatic carbocycles. The van der Waals surface area contributed by atoms with E-state index in [9.17, 15) is 0 Å². The Morgan fingerprint density at radius 3 is 1.46 bits per heavy atom. The Morgan fingerprint density at radius 2 is 0.783 bits per heavy atom. The van der Waals surface area contributed by atoms with E-state index in [-0.39, 0.29) is 0 Å². The second kappa shape index (κ2) is 15.4. The number of nitrogens with zero attached hydrogens (tertiary/aromatic N) is 3. The SMILES string of the molecule is c1ccc(-c2ccc(-c3ccc(-c4ccc5c(c4)C4(c6ccccc6Oc6ccccc64)c4cccc(-c6nc(-c7ccccc7)nc(-c7cccc8c7oc7ccccc78)n6)c4-5)cc3)cc2)cc1. The first kappa shape index (κ1) is 39.0. The van der Waals surface area contributed by atoms with Crippen LogP contribution in [0.1, 0.15) is 22.3 Å². The van der Waals surface area contributed by atoms with Gasteiger partial charge in [-0.2, -0.15) is 0 Å². The molecule has 0 fully saturated rings.